The van der Waals surface area contributed by atoms with Gasteiger partial charge in [0.25, 0.3) is 0 Å². The Labute approximate surface area is 149 Å². The molecule has 3 aromatic rings. The maximum Gasteiger partial charge on any atom is 0.310 e. The van der Waals surface area contributed by atoms with Gasteiger partial charge < -0.3 is 5.11 Å². The normalized spacial score (nSPS) is 12.1. The average molecular weight is 348 g/mol. The summed E-state index contributed by atoms with van der Waals surface area (Å²) < 4.78 is 0. The summed E-state index contributed by atoms with van der Waals surface area (Å²) in [4.78, 5) is 11.6. The molecule has 1 N–H and O–H groups in total. The van der Waals surface area contributed by atoms with Gasteiger partial charge in [-0.2, -0.15) is 0 Å². The predicted molar refractivity (Wildman–Crippen MR) is 106 cm³/mol. The Morgan fingerprint density at radius 3 is 1.84 bits per heavy atom. The largest absolute Gasteiger partial charge is 0.481 e. The zero-order chi connectivity index (χ0) is 17.6. The highest BCUT2D eigenvalue weighted by atomic mass is 31.1. The summed E-state index contributed by atoms with van der Waals surface area (Å²) in [5.41, 5.74) is 0.881. The fourth-order valence-corrected chi connectivity index (χ4v) is 5.38. The highest BCUT2D eigenvalue weighted by Gasteiger charge is 2.21. The first-order valence-corrected chi connectivity index (χ1v) is 9.78. The van der Waals surface area contributed by atoms with Crippen LogP contribution in [0.15, 0.2) is 84.9 Å². The molecule has 0 saturated carbocycles. The van der Waals surface area contributed by atoms with E-state index >= 15 is 0 Å². The van der Waals surface area contributed by atoms with E-state index in [4.69, 9.17) is 0 Å². The van der Waals surface area contributed by atoms with Crippen molar-refractivity contribution in [3.63, 3.8) is 0 Å². The Morgan fingerprint density at radius 2 is 1.36 bits per heavy atom. The molecule has 0 aliphatic carbocycles. The van der Waals surface area contributed by atoms with Gasteiger partial charge in [-0.1, -0.05) is 85.8 Å². The third-order valence-corrected chi connectivity index (χ3v) is 6.69. The average Bonchev–Trinajstić information content (AvgIpc) is 2.64. The molecule has 0 aromatic heterocycles. The summed E-state index contributed by atoms with van der Waals surface area (Å²) in [6.45, 7) is 1.92. The number of carbonyl (C=O) groups is 1. The van der Waals surface area contributed by atoms with E-state index < -0.39 is 19.8 Å². The molecule has 1 unspecified atom stereocenters. The molecule has 126 valence electrons. The summed E-state index contributed by atoms with van der Waals surface area (Å²) in [6, 6.07) is 29.0. The van der Waals surface area contributed by atoms with Gasteiger partial charge in [-0.3, -0.25) is 4.79 Å². The third-order valence-electron chi connectivity index (χ3n) is 4.27. The van der Waals surface area contributed by atoms with Crippen LogP contribution in [0.25, 0.3) is 0 Å². The van der Waals surface area contributed by atoms with Crippen LogP contribution >= 0.6 is 7.92 Å². The summed E-state index contributed by atoms with van der Waals surface area (Å²) >= 11 is 0. The summed E-state index contributed by atoms with van der Waals surface area (Å²) in [5.74, 6) is -1.22. The van der Waals surface area contributed by atoms with Crippen molar-refractivity contribution >= 4 is 29.8 Å². The number of benzene rings is 3. The van der Waals surface area contributed by atoms with Gasteiger partial charge in [0.1, 0.15) is 0 Å². The molecule has 3 heteroatoms. The van der Waals surface area contributed by atoms with Crippen molar-refractivity contribution < 1.29 is 9.90 Å². The van der Waals surface area contributed by atoms with E-state index in [0.717, 1.165) is 5.56 Å². The van der Waals surface area contributed by atoms with E-state index in [1.807, 2.05) is 31.2 Å². The second kappa shape index (κ2) is 8.09. The van der Waals surface area contributed by atoms with Crippen molar-refractivity contribution in [2.75, 3.05) is 0 Å². The molecule has 3 aromatic carbocycles. The highest BCUT2D eigenvalue weighted by molar-refractivity contribution is 7.79. The summed E-state index contributed by atoms with van der Waals surface area (Å²) in [7, 11) is -0.704. The van der Waals surface area contributed by atoms with Gasteiger partial charge >= 0.3 is 5.97 Å². The summed E-state index contributed by atoms with van der Waals surface area (Å²) in [5, 5.41) is 13.2. The van der Waals surface area contributed by atoms with Crippen LogP contribution in [0.3, 0.4) is 0 Å². The molecule has 0 bridgehead atoms. The van der Waals surface area contributed by atoms with Crippen molar-refractivity contribution in [3.05, 3.63) is 90.5 Å². The smallest absolute Gasteiger partial charge is 0.310 e. The lowest BCUT2D eigenvalue weighted by Crippen LogP contribution is -2.21. The van der Waals surface area contributed by atoms with Crippen LogP contribution < -0.4 is 15.9 Å². The van der Waals surface area contributed by atoms with Crippen LogP contribution in [-0.4, -0.2) is 11.1 Å². The van der Waals surface area contributed by atoms with E-state index in [1.54, 1.807) is 0 Å². The molecule has 0 heterocycles. The lowest BCUT2D eigenvalue weighted by Gasteiger charge is -2.21. The molecule has 0 aliphatic heterocycles. The molecule has 0 fully saturated rings. The van der Waals surface area contributed by atoms with Gasteiger partial charge in [0.15, 0.2) is 0 Å². The first kappa shape index (κ1) is 17.4. The number of hydrogen-bond donors (Lipinski definition) is 1. The number of hydrogen-bond acceptors (Lipinski definition) is 1. The van der Waals surface area contributed by atoms with Gasteiger partial charge in [0, 0.05) is 0 Å². The molecule has 1 atom stereocenters. The van der Waals surface area contributed by atoms with Crippen molar-refractivity contribution in [1.82, 2.24) is 0 Å². The van der Waals surface area contributed by atoms with Crippen LogP contribution in [0.2, 0.25) is 0 Å². The van der Waals surface area contributed by atoms with Crippen molar-refractivity contribution in [2.45, 2.75) is 19.3 Å². The molecule has 0 radical (unpaired) electrons. The Balaban J connectivity index is 2.10. The molecule has 0 aliphatic rings. The molecule has 3 rings (SSSR count). The van der Waals surface area contributed by atoms with E-state index in [2.05, 4.69) is 60.7 Å². The van der Waals surface area contributed by atoms with Gasteiger partial charge in [0.2, 0.25) is 0 Å². The second-order valence-corrected chi connectivity index (χ2v) is 8.12. The maximum atomic E-state index is 11.6. The lowest BCUT2D eigenvalue weighted by molar-refractivity contribution is -0.138. The molecule has 0 saturated heterocycles. The third kappa shape index (κ3) is 3.97. The standard InChI is InChI=1S/C22H21O2P/c1-2-21(22(23)24)17-10-9-15-20(16-17)25(18-11-5-3-6-12-18)19-13-7-4-8-14-19/h3-16,21H,2H2,1H3,(H,23,24). The quantitative estimate of drug-likeness (QED) is 0.683. The minimum absolute atomic E-state index is 0.455. The monoisotopic (exact) mass is 348 g/mol. The van der Waals surface area contributed by atoms with E-state index in [-0.39, 0.29) is 0 Å². The van der Waals surface area contributed by atoms with Crippen LogP contribution in [0.5, 0.6) is 0 Å². The number of rotatable bonds is 6. The Bertz CT molecular complexity index is 791. The molecule has 25 heavy (non-hydrogen) atoms. The first-order chi connectivity index (χ1) is 12.2. The SMILES string of the molecule is CCC(C(=O)O)c1cccc(P(c2ccccc2)c2ccccc2)c1. The highest BCUT2D eigenvalue weighted by Crippen LogP contribution is 2.33. The number of carboxylic acids is 1. The predicted octanol–water partition coefficient (Wildman–Crippen LogP) is 4.02. The Kier molecular flexibility index (Phi) is 5.63. The van der Waals surface area contributed by atoms with Crippen LogP contribution in [0.4, 0.5) is 0 Å². The zero-order valence-corrected chi connectivity index (χ0v) is 15.1. The van der Waals surface area contributed by atoms with Crippen LogP contribution in [-0.2, 0) is 4.79 Å². The second-order valence-electron chi connectivity index (χ2n) is 5.90. The summed E-state index contributed by atoms with van der Waals surface area (Å²) in [6.07, 6.45) is 0.591. The van der Waals surface area contributed by atoms with Gasteiger partial charge in [-0.25, -0.2) is 0 Å². The van der Waals surface area contributed by atoms with Gasteiger partial charge in [0.05, 0.1) is 5.92 Å². The molecule has 2 nitrogen and oxygen atoms in total. The van der Waals surface area contributed by atoms with Crippen molar-refractivity contribution in [3.8, 4) is 0 Å². The van der Waals surface area contributed by atoms with E-state index in [9.17, 15) is 9.90 Å². The minimum atomic E-state index is -0.761. The van der Waals surface area contributed by atoms with E-state index in [0.29, 0.717) is 6.42 Å². The maximum absolute atomic E-state index is 11.6. The lowest BCUT2D eigenvalue weighted by atomic mass is 9.97. The van der Waals surface area contributed by atoms with Crippen molar-refractivity contribution in [2.24, 2.45) is 0 Å². The van der Waals surface area contributed by atoms with Crippen LogP contribution in [0.1, 0.15) is 24.8 Å². The molecule has 0 amide bonds. The van der Waals surface area contributed by atoms with Gasteiger partial charge in [-0.05, 0) is 41.9 Å². The van der Waals surface area contributed by atoms with Crippen LogP contribution in [0, 0.1) is 0 Å². The minimum Gasteiger partial charge on any atom is -0.481 e. The Hall–Kier alpha value is -2.44. The number of aliphatic carboxylic acids is 1. The fraction of sp³-hybridized carbons (Fsp3) is 0.136. The topological polar surface area (TPSA) is 37.3 Å². The Morgan fingerprint density at radius 1 is 0.840 bits per heavy atom. The fourth-order valence-electron chi connectivity index (χ4n) is 3.03. The zero-order valence-electron chi connectivity index (χ0n) is 14.2. The van der Waals surface area contributed by atoms with E-state index in [1.165, 1.54) is 15.9 Å². The molecular weight excluding hydrogens is 327 g/mol. The number of carboxylic acid groups (broad SMARTS) is 1. The molecular formula is C22H21O2P. The van der Waals surface area contributed by atoms with Crippen molar-refractivity contribution in [1.29, 1.82) is 0 Å². The molecule has 0 spiro atoms. The first-order valence-electron chi connectivity index (χ1n) is 8.43. The van der Waals surface area contributed by atoms with Gasteiger partial charge in [-0.15, -0.1) is 0 Å².